The van der Waals surface area contributed by atoms with E-state index in [4.69, 9.17) is 11.6 Å². The van der Waals surface area contributed by atoms with Crippen LogP contribution >= 0.6 is 11.6 Å². The van der Waals surface area contributed by atoms with E-state index in [0.29, 0.717) is 11.6 Å². The lowest BCUT2D eigenvalue weighted by Crippen LogP contribution is -2.25. The van der Waals surface area contributed by atoms with Gasteiger partial charge < -0.3 is 10.2 Å². The van der Waals surface area contributed by atoms with Gasteiger partial charge in [0.1, 0.15) is 11.6 Å². The van der Waals surface area contributed by atoms with Crippen molar-refractivity contribution < 1.29 is 4.39 Å². The molecule has 1 heterocycles. The molecule has 0 aliphatic carbocycles. The number of nitrogens with one attached hydrogen (secondary N) is 1. The van der Waals surface area contributed by atoms with Gasteiger partial charge >= 0.3 is 0 Å². The third kappa shape index (κ3) is 3.52. The fourth-order valence-corrected chi connectivity index (χ4v) is 2.61. The van der Waals surface area contributed by atoms with Crippen LogP contribution < -0.4 is 10.2 Å². The monoisotopic (exact) mass is 307 g/mol. The molecule has 1 N–H and O–H groups in total. The van der Waals surface area contributed by atoms with Crippen molar-refractivity contribution in [3.05, 3.63) is 58.5 Å². The van der Waals surface area contributed by atoms with Gasteiger partial charge in [0.15, 0.2) is 0 Å². The van der Waals surface area contributed by atoms with E-state index in [2.05, 4.69) is 17.2 Å². The van der Waals surface area contributed by atoms with E-state index in [1.54, 1.807) is 0 Å². The lowest BCUT2D eigenvalue weighted by molar-refractivity contribution is 0.613. The third-order valence-electron chi connectivity index (χ3n) is 3.55. The Hall–Kier alpha value is -1.65. The smallest absolute Gasteiger partial charge is 0.141 e. The Labute approximate surface area is 129 Å². The molecule has 2 rings (SSSR count). The molecule has 2 aromatic rings. The number of benzene rings is 1. The van der Waals surface area contributed by atoms with Gasteiger partial charge in [0.2, 0.25) is 0 Å². The Morgan fingerprint density at radius 2 is 2.10 bits per heavy atom. The molecule has 0 amide bonds. The standard InChI is InChI=1S/C16H19ClFN3/c1-11(14-6-4-5-7-15(14)17)21(3)16-12(9-19-2)8-13(18)10-20-16/h4-8,10-11,19H,9H2,1-3H3. The van der Waals surface area contributed by atoms with Crippen LogP contribution in [-0.4, -0.2) is 19.1 Å². The highest BCUT2D eigenvalue weighted by Gasteiger charge is 2.18. The van der Waals surface area contributed by atoms with Crippen LogP contribution in [0.25, 0.3) is 0 Å². The van der Waals surface area contributed by atoms with Crippen molar-refractivity contribution in [1.82, 2.24) is 10.3 Å². The van der Waals surface area contributed by atoms with Crippen LogP contribution in [0.3, 0.4) is 0 Å². The minimum absolute atomic E-state index is 0.0345. The Balaban J connectivity index is 2.35. The Morgan fingerprint density at radius 3 is 2.76 bits per heavy atom. The first-order valence-electron chi connectivity index (χ1n) is 6.81. The first-order chi connectivity index (χ1) is 10.0. The van der Waals surface area contributed by atoms with Gasteiger partial charge in [0.25, 0.3) is 0 Å². The Bertz CT molecular complexity index is 618. The summed E-state index contributed by atoms with van der Waals surface area (Å²) >= 11 is 6.26. The minimum atomic E-state index is -0.331. The maximum atomic E-state index is 13.4. The average molecular weight is 308 g/mol. The van der Waals surface area contributed by atoms with Crippen LogP contribution in [-0.2, 0) is 6.54 Å². The summed E-state index contributed by atoms with van der Waals surface area (Å²) in [5, 5.41) is 3.75. The van der Waals surface area contributed by atoms with Crippen LogP contribution in [0, 0.1) is 5.82 Å². The molecule has 1 aromatic carbocycles. The third-order valence-corrected chi connectivity index (χ3v) is 3.89. The maximum absolute atomic E-state index is 13.4. The molecule has 1 atom stereocenters. The van der Waals surface area contributed by atoms with Crippen LogP contribution in [0.15, 0.2) is 36.5 Å². The lowest BCUT2D eigenvalue weighted by atomic mass is 10.1. The maximum Gasteiger partial charge on any atom is 0.141 e. The summed E-state index contributed by atoms with van der Waals surface area (Å²) in [6, 6.07) is 9.26. The fraction of sp³-hybridized carbons (Fsp3) is 0.312. The number of hydrogen-bond acceptors (Lipinski definition) is 3. The SMILES string of the molecule is CNCc1cc(F)cnc1N(C)C(C)c1ccccc1Cl. The molecule has 0 radical (unpaired) electrons. The van der Waals surface area contributed by atoms with E-state index in [1.165, 1.54) is 12.3 Å². The number of halogens is 2. The zero-order valence-electron chi connectivity index (χ0n) is 12.4. The van der Waals surface area contributed by atoms with Crippen molar-refractivity contribution in [2.24, 2.45) is 0 Å². The quantitative estimate of drug-likeness (QED) is 0.911. The van der Waals surface area contributed by atoms with Gasteiger partial charge in [-0.05, 0) is 31.7 Å². The summed E-state index contributed by atoms with van der Waals surface area (Å²) in [5.74, 6) is 0.418. The van der Waals surface area contributed by atoms with Crippen LogP contribution in [0.1, 0.15) is 24.1 Å². The van der Waals surface area contributed by atoms with Gasteiger partial charge in [-0.2, -0.15) is 0 Å². The van der Waals surface area contributed by atoms with Crippen molar-refractivity contribution in [1.29, 1.82) is 0 Å². The first kappa shape index (κ1) is 15.7. The van der Waals surface area contributed by atoms with Crippen LogP contribution in [0.4, 0.5) is 10.2 Å². The van der Waals surface area contributed by atoms with Crippen LogP contribution in [0.2, 0.25) is 5.02 Å². The van der Waals surface area contributed by atoms with Gasteiger partial charge in [-0.3, -0.25) is 0 Å². The number of pyridine rings is 1. The molecule has 0 spiro atoms. The molecule has 0 fully saturated rings. The number of hydrogen-bond donors (Lipinski definition) is 1. The molecule has 0 aliphatic rings. The summed E-state index contributed by atoms with van der Waals surface area (Å²) in [6.45, 7) is 2.61. The normalized spacial score (nSPS) is 12.2. The van der Waals surface area contributed by atoms with Gasteiger partial charge in [-0.15, -0.1) is 0 Å². The molecule has 21 heavy (non-hydrogen) atoms. The molecule has 5 heteroatoms. The second-order valence-corrected chi connectivity index (χ2v) is 5.38. The van der Waals surface area contributed by atoms with Crippen LogP contribution in [0.5, 0.6) is 0 Å². The summed E-state index contributed by atoms with van der Waals surface area (Å²) in [7, 11) is 3.76. The predicted octanol–water partition coefficient (Wildman–Crippen LogP) is 3.79. The number of rotatable bonds is 5. The average Bonchev–Trinajstić information content (AvgIpc) is 2.47. The van der Waals surface area contributed by atoms with E-state index in [9.17, 15) is 4.39 Å². The van der Waals surface area contributed by atoms with E-state index in [1.807, 2.05) is 43.3 Å². The summed E-state index contributed by atoms with van der Waals surface area (Å²) < 4.78 is 13.4. The second kappa shape index (κ2) is 6.87. The molecule has 1 unspecified atom stereocenters. The fourth-order valence-electron chi connectivity index (χ4n) is 2.32. The van der Waals surface area contributed by atoms with E-state index in [-0.39, 0.29) is 11.9 Å². The van der Waals surface area contributed by atoms with Crippen molar-refractivity contribution in [3.8, 4) is 0 Å². The molecular formula is C16H19ClFN3. The predicted molar refractivity (Wildman–Crippen MR) is 85.2 cm³/mol. The number of aromatic nitrogens is 1. The highest BCUT2D eigenvalue weighted by Crippen LogP contribution is 2.30. The van der Waals surface area contributed by atoms with Gasteiger partial charge in [0.05, 0.1) is 12.2 Å². The zero-order valence-corrected chi connectivity index (χ0v) is 13.2. The Kier molecular flexibility index (Phi) is 5.15. The highest BCUT2D eigenvalue weighted by atomic mass is 35.5. The zero-order chi connectivity index (χ0) is 15.4. The van der Waals surface area contributed by atoms with Gasteiger partial charge in [-0.1, -0.05) is 29.8 Å². The van der Waals surface area contributed by atoms with Crippen molar-refractivity contribution >= 4 is 17.4 Å². The molecule has 3 nitrogen and oxygen atoms in total. The largest absolute Gasteiger partial charge is 0.353 e. The number of anilines is 1. The molecule has 0 saturated carbocycles. The summed E-state index contributed by atoms with van der Waals surface area (Å²) in [6.07, 6.45) is 1.24. The highest BCUT2D eigenvalue weighted by molar-refractivity contribution is 6.31. The van der Waals surface area contributed by atoms with Crippen molar-refractivity contribution in [3.63, 3.8) is 0 Å². The second-order valence-electron chi connectivity index (χ2n) is 4.97. The lowest BCUT2D eigenvalue weighted by Gasteiger charge is -2.28. The Morgan fingerprint density at radius 1 is 1.38 bits per heavy atom. The summed E-state index contributed by atoms with van der Waals surface area (Å²) in [4.78, 5) is 6.25. The molecular weight excluding hydrogens is 289 g/mol. The molecule has 0 bridgehead atoms. The van der Waals surface area contributed by atoms with E-state index >= 15 is 0 Å². The molecule has 1 aromatic heterocycles. The molecule has 112 valence electrons. The van der Waals surface area contributed by atoms with Crippen molar-refractivity contribution in [2.75, 3.05) is 19.0 Å². The molecule has 0 aliphatic heterocycles. The topological polar surface area (TPSA) is 28.2 Å². The van der Waals surface area contributed by atoms with E-state index in [0.717, 1.165) is 16.9 Å². The van der Waals surface area contributed by atoms with E-state index < -0.39 is 0 Å². The summed E-state index contributed by atoms with van der Waals surface area (Å²) in [5.41, 5.74) is 1.84. The first-order valence-corrected chi connectivity index (χ1v) is 7.18. The minimum Gasteiger partial charge on any atom is -0.353 e. The van der Waals surface area contributed by atoms with Gasteiger partial charge in [-0.25, -0.2) is 9.37 Å². The molecule has 0 saturated heterocycles. The van der Waals surface area contributed by atoms with Crippen molar-refractivity contribution in [2.45, 2.75) is 19.5 Å². The number of nitrogens with zero attached hydrogens (tertiary/aromatic N) is 2. The van der Waals surface area contributed by atoms with Gasteiger partial charge in [0, 0.05) is 24.2 Å².